The quantitative estimate of drug-likeness (QED) is 0.578. The van der Waals surface area contributed by atoms with Crippen LogP contribution in [0, 0.1) is 28.6 Å². The summed E-state index contributed by atoms with van der Waals surface area (Å²) < 4.78 is 16.4. The van der Waals surface area contributed by atoms with Crippen LogP contribution in [0.4, 0.5) is 0 Å². The molecule has 0 unspecified atom stereocenters. The number of furan rings is 1. The van der Waals surface area contributed by atoms with E-state index in [4.69, 9.17) is 13.9 Å². The second kappa shape index (κ2) is 4.99. The first-order chi connectivity index (χ1) is 12.0. The van der Waals surface area contributed by atoms with Gasteiger partial charge in [0, 0.05) is 11.0 Å². The summed E-state index contributed by atoms with van der Waals surface area (Å²) in [5, 5.41) is 0. The molecule has 1 aromatic heterocycles. The average molecular weight is 342 g/mol. The Hall–Kier alpha value is -2.04. The Balaban J connectivity index is 1.57. The third-order valence-corrected chi connectivity index (χ3v) is 7.27. The first-order valence-corrected chi connectivity index (χ1v) is 9.10. The summed E-state index contributed by atoms with van der Waals surface area (Å²) in [6, 6.07) is 1.86. The van der Waals surface area contributed by atoms with Crippen molar-refractivity contribution in [1.82, 2.24) is 0 Å². The van der Waals surface area contributed by atoms with E-state index in [2.05, 4.69) is 19.1 Å². The van der Waals surface area contributed by atoms with Crippen molar-refractivity contribution in [2.45, 2.75) is 38.7 Å². The smallest absolute Gasteiger partial charge is 0.310 e. The normalized spacial score (nSPS) is 45.2. The van der Waals surface area contributed by atoms with Crippen LogP contribution < -0.4 is 0 Å². The van der Waals surface area contributed by atoms with Gasteiger partial charge >= 0.3 is 11.9 Å². The van der Waals surface area contributed by atoms with Crippen molar-refractivity contribution in [3.8, 4) is 0 Å². The first-order valence-electron chi connectivity index (χ1n) is 9.10. The summed E-state index contributed by atoms with van der Waals surface area (Å²) in [5.41, 5.74) is 0.511. The molecule has 5 heteroatoms. The van der Waals surface area contributed by atoms with Crippen molar-refractivity contribution in [2.24, 2.45) is 28.6 Å². The maximum atomic E-state index is 12.8. The van der Waals surface area contributed by atoms with E-state index in [-0.39, 0.29) is 46.6 Å². The van der Waals surface area contributed by atoms with Gasteiger partial charge in [0.15, 0.2) is 0 Å². The van der Waals surface area contributed by atoms with Crippen molar-refractivity contribution in [3.05, 3.63) is 36.3 Å². The predicted octanol–water partition coefficient (Wildman–Crippen LogP) is 3.42. The molecule has 0 N–H and O–H groups in total. The molecule has 2 aliphatic heterocycles. The maximum Gasteiger partial charge on any atom is 0.310 e. The minimum Gasteiger partial charge on any atom is -0.472 e. The van der Waals surface area contributed by atoms with E-state index in [1.807, 2.05) is 6.07 Å². The molecule has 0 aromatic carbocycles. The molecule has 5 nitrogen and oxygen atoms in total. The fourth-order valence-electron chi connectivity index (χ4n) is 6.02. The van der Waals surface area contributed by atoms with Crippen LogP contribution in [-0.2, 0) is 19.1 Å². The zero-order valence-corrected chi connectivity index (χ0v) is 14.3. The second-order valence-corrected chi connectivity index (χ2v) is 8.32. The van der Waals surface area contributed by atoms with Crippen LogP contribution in [-0.4, -0.2) is 18.5 Å². The van der Waals surface area contributed by atoms with Crippen LogP contribution >= 0.6 is 0 Å². The molecule has 1 spiro atoms. The number of hydrogen-bond acceptors (Lipinski definition) is 5. The van der Waals surface area contributed by atoms with Crippen LogP contribution in [0.5, 0.6) is 0 Å². The van der Waals surface area contributed by atoms with Crippen molar-refractivity contribution < 1.29 is 23.5 Å². The highest BCUT2D eigenvalue weighted by Gasteiger charge is 2.66. The van der Waals surface area contributed by atoms with Crippen LogP contribution in [0.15, 0.2) is 35.2 Å². The second-order valence-electron chi connectivity index (χ2n) is 8.32. The number of allylic oxidation sites excluding steroid dienone is 2. The fourth-order valence-corrected chi connectivity index (χ4v) is 6.02. The SMILES string of the molecule is C[C@]12C[C@H](c3ccoc3)OC(=O)[C@H]1CC[C@@]13COC(=O)[C@H]1CC=C[C@@H]23. The van der Waals surface area contributed by atoms with Gasteiger partial charge in [-0.1, -0.05) is 19.1 Å². The fraction of sp³-hybridized carbons (Fsp3) is 0.600. The number of carbonyl (C=O) groups is 2. The van der Waals surface area contributed by atoms with E-state index in [1.165, 1.54) is 0 Å². The minimum absolute atomic E-state index is 0.0643. The summed E-state index contributed by atoms with van der Waals surface area (Å²) in [6.45, 7) is 2.69. The summed E-state index contributed by atoms with van der Waals surface area (Å²) in [4.78, 5) is 25.1. The van der Waals surface area contributed by atoms with Gasteiger partial charge in [0.05, 0.1) is 31.0 Å². The average Bonchev–Trinajstić information content (AvgIpc) is 3.23. The Bertz CT molecular complexity index is 750. The Morgan fingerprint density at radius 3 is 2.88 bits per heavy atom. The lowest BCUT2D eigenvalue weighted by Gasteiger charge is -2.58. The van der Waals surface area contributed by atoms with Crippen LogP contribution in [0.1, 0.15) is 44.3 Å². The molecule has 5 rings (SSSR count). The highest BCUT2D eigenvalue weighted by Crippen LogP contribution is 2.65. The van der Waals surface area contributed by atoms with Crippen molar-refractivity contribution >= 4 is 11.9 Å². The highest BCUT2D eigenvalue weighted by molar-refractivity contribution is 5.78. The molecule has 2 aliphatic carbocycles. The van der Waals surface area contributed by atoms with Gasteiger partial charge in [0.1, 0.15) is 6.10 Å². The predicted molar refractivity (Wildman–Crippen MR) is 87.1 cm³/mol. The number of esters is 2. The standard InChI is InChI=1S/C20H22O5/c1-19-9-15(12-6-8-23-10-12)25-18(22)13(19)5-7-20-11-24-17(21)14(20)3-2-4-16(19)20/h2,4,6,8,10,13-16H,3,5,7,9,11H2,1H3/t13-,14-,15-,16+,19+,20-/m1/s1. The van der Waals surface area contributed by atoms with Crippen molar-refractivity contribution in [3.63, 3.8) is 0 Å². The molecule has 0 radical (unpaired) electrons. The molecule has 2 saturated heterocycles. The number of rotatable bonds is 1. The molecule has 3 heterocycles. The van der Waals surface area contributed by atoms with E-state index < -0.39 is 0 Å². The van der Waals surface area contributed by atoms with Gasteiger partial charge in [-0.05, 0) is 43.1 Å². The Labute approximate surface area is 146 Å². The largest absolute Gasteiger partial charge is 0.472 e. The zero-order valence-electron chi connectivity index (χ0n) is 14.3. The van der Waals surface area contributed by atoms with E-state index in [1.54, 1.807) is 12.5 Å². The number of carbonyl (C=O) groups excluding carboxylic acids is 2. The molecular formula is C20H22O5. The molecule has 0 bridgehead atoms. The van der Waals surface area contributed by atoms with Crippen molar-refractivity contribution in [2.75, 3.05) is 6.61 Å². The van der Waals surface area contributed by atoms with Crippen LogP contribution in [0.25, 0.3) is 0 Å². The van der Waals surface area contributed by atoms with Gasteiger partial charge < -0.3 is 13.9 Å². The Morgan fingerprint density at radius 1 is 1.20 bits per heavy atom. The number of cyclic esters (lactones) is 2. The Kier molecular flexibility index (Phi) is 3.04. The first kappa shape index (κ1) is 15.2. The molecule has 3 fully saturated rings. The lowest BCUT2D eigenvalue weighted by atomic mass is 9.45. The molecule has 25 heavy (non-hydrogen) atoms. The summed E-state index contributed by atoms with van der Waals surface area (Å²) in [6.07, 6.45) is 10.5. The lowest BCUT2D eigenvalue weighted by Crippen LogP contribution is -2.57. The molecular weight excluding hydrogens is 320 g/mol. The Morgan fingerprint density at radius 2 is 2.08 bits per heavy atom. The zero-order chi connectivity index (χ0) is 17.2. The number of ether oxygens (including phenoxy) is 2. The van der Waals surface area contributed by atoms with Crippen LogP contribution in [0.2, 0.25) is 0 Å². The number of hydrogen-bond donors (Lipinski definition) is 0. The van der Waals surface area contributed by atoms with E-state index in [0.29, 0.717) is 6.61 Å². The minimum atomic E-state index is -0.283. The molecule has 0 amide bonds. The van der Waals surface area contributed by atoms with E-state index >= 15 is 0 Å². The van der Waals surface area contributed by atoms with E-state index in [0.717, 1.165) is 31.2 Å². The third-order valence-electron chi connectivity index (χ3n) is 7.27. The van der Waals surface area contributed by atoms with Gasteiger partial charge in [-0.2, -0.15) is 0 Å². The van der Waals surface area contributed by atoms with Gasteiger partial charge in [0.25, 0.3) is 0 Å². The molecule has 4 aliphatic rings. The third kappa shape index (κ3) is 1.89. The topological polar surface area (TPSA) is 65.7 Å². The van der Waals surface area contributed by atoms with Gasteiger partial charge in [-0.25, -0.2) is 0 Å². The van der Waals surface area contributed by atoms with Crippen LogP contribution in [0.3, 0.4) is 0 Å². The van der Waals surface area contributed by atoms with Gasteiger partial charge in [-0.3, -0.25) is 9.59 Å². The van der Waals surface area contributed by atoms with Crippen molar-refractivity contribution in [1.29, 1.82) is 0 Å². The molecule has 6 atom stereocenters. The summed E-state index contributed by atoms with van der Waals surface area (Å²) in [5.74, 6) is -0.209. The van der Waals surface area contributed by atoms with Gasteiger partial charge in [-0.15, -0.1) is 0 Å². The lowest BCUT2D eigenvalue weighted by molar-refractivity contribution is -0.191. The summed E-state index contributed by atoms with van der Waals surface area (Å²) >= 11 is 0. The highest BCUT2D eigenvalue weighted by atomic mass is 16.5. The van der Waals surface area contributed by atoms with E-state index in [9.17, 15) is 9.59 Å². The van der Waals surface area contributed by atoms with Gasteiger partial charge in [0.2, 0.25) is 0 Å². The maximum absolute atomic E-state index is 12.8. The summed E-state index contributed by atoms with van der Waals surface area (Å²) in [7, 11) is 0. The number of fused-ring (bicyclic) bond motifs is 2. The molecule has 1 aromatic rings. The molecule has 1 saturated carbocycles. The molecule has 132 valence electrons. The monoisotopic (exact) mass is 342 g/mol.